The number of rotatable bonds is 4. The summed E-state index contributed by atoms with van der Waals surface area (Å²) >= 11 is 0. The quantitative estimate of drug-likeness (QED) is 0.826. The maximum Gasteiger partial charge on any atom is 0.123 e. The summed E-state index contributed by atoms with van der Waals surface area (Å²) in [6, 6.07) is 7.58. The minimum Gasteiger partial charge on any atom is -0.491 e. The Morgan fingerprint density at radius 2 is 2.22 bits per heavy atom. The maximum atomic E-state index is 8.85. The molecule has 0 amide bonds. The molecule has 1 heterocycles. The van der Waals surface area contributed by atoms with E-state index in [0.29, 0.717) is 12.2 Å². The molecule has 2 rings (SSSR count). The highest BCUT2D eigenvalue weighted by molar-refractivity contribution is 5.41. The normalized spacial score (nSPS) is 10.1. The largest absolute Gasteiger partial charge is 0.491 e. The van der Waals surface area contributed by atoms with Gasteiger partial charge in [0, 0.05) is 12.4 Å². The minimum atomic E-state index is 0.562. The SMILES string of the molecule is Cc1ccc(C#N)cc1OCCn1ccnc1C. The van der Waals surface area contributed by atoms with Crippen LogP contribution < -0.4 is 4.74 Å². The van der Waals surface area contributed by atoms with Gasteiger partial charge in [-0.2, -0.15) is 5.26 Å². The fourth-order valence-electron chi connectivity index (χ4n) is 1.72. The van der Waals surface area contributed by atoms with Crippen molar-refractivity contribution in [2.24, 2.45) is 0 Å². The summed E-state index contributed by atoms with van der Waals surface area (Å²) in [5.74, 6) is 1.74. The van der Waals surface area contributed by atoms with Crippen LogP contribution in [0.25, 0.3) is 0 Å². The van der Waals surface area contributed by atoms with Gasteiger partial charge < -0.3 is 9.30 Å². The van der Waals surface area contributed by atoms with Crippen molar-refractivity contribution in [3.63, 3.8) is 0 Å². The van der Waals surface area contributed by atoms with E-state index in [0.717, 1.165) is 23.7 Å². The Kier molecular flexibility index (Phi) is 3.63. The highest BCUT2D eigenvalue weighted by Gasteiger charge is 2.02. The highest BCUT2D eigenvalue weighted by Crippen LogP contribution is 2.19. The van der Waals surface area contributed by atoms with Gasteiger partial charge >= 0.3 is 0 Å². The lowest BCUT2D eigenvalue weighted by molar-refractivity contribution is 0.295. The highest BCUT2D eigenvalue weighted by atomic mass is 16.5. The predicted octanol–water partition coefficient (Wildman–Crippen LogP) is 2.45. The number of ether oxygens (including phenoxy) is 1. The van der Waals surface area contributed by atoms with Crippen molar-refractivity contribution in [2.75, 3.05) is 6.61 Å². The van der Waals surface area contributed by atoms with Crippen molar-refractivity contribution in [3.8, 4) is 11.8 Å². The molecule has 0 spiro atoms. The van der Waals surface area contributed by atoms with E-state index < -0.39 is 0 Å². The molecule has 4 nitrogen and oxygen atoms in total. The topological polar surface area (TPSA) is 50.8 Å². The maximum absolute atomic E-state index is 8.85. The summed E-state index contributed by atoms with van der Waals surface area (Å²) in [5, 5.41) is 8.85. The van der Waals surface area contributed by atoms with E-state index in [9.17, 15) is 0 Å². The molecule has 0 aliphatic heterocycles. The van der Waals surface area contributed by atoms with Crippen molar-refractivity contribution in [2.45, 2.75) is 20.4 Å². The number of benzene rings is 1. The summed E-state index contributed by atoms with van der Waals surface area (Å²) in [6.07, 6.45) is 3.70. The summed E-state index contributed by atoms with van der Waals surface area (Å²) < 4.78 is 7.74. The molecule has 0 unspecified atom stereocenters. The van der Waals surface area contributed by atoms with Crippen LogP contribution in [-0.2, 0) is 6.54 Å². The van der Waals surface area contributed by atoms with Crippen LogP contribution in [-0.4, -0.2) is 16.2 Å². The minimum absolute atomic E-state index is 0.562. The van der Waals surface area contributed by atoms with E-state index >= 15 is 0 Å². The summed E-state index contributed by atoms with van der Waals surface area (Å²) in [4.78, 5) is 4.15. The first-order chi connectivity index (χ1) is 8.70. The van der Waals surface area contributed by atoms with Crippen LogP contribution in [0.4, 0.5) is 0 Å². The molecule has 2 aromatic rings. The average Bonchev–Trinajstić information content (AvgIpc) is 2.77. The molecule has 92 valence electrons. The second-order valence-corrected chi connectivity index (χ2v) is 4.11. The summed E-state index contributed by atoms with van der Waals surface area (Å²) in [6.45, 7) is 5.25. The Morgan fingerprint density at radius 1 is 1.39 bits per heavy atom. The van der Waals surface area contributed by atoms with E-state index in [1.54, 1.807) is 18.3 Å². The molecule has 0 atom stereocenters. The molecule has 0 saturated heterocycles. The van der Waals surface area contributed by atoms with E-state index in [-0.39, 0.29) is 0 Å². The van der Waals surface area contributed by atoms with E-state index in [1.165, 1.54) is 0 Å². The first kappa shape index (κ1) is 12.2. The molecule has 0 aliphatic carbocycles. The van der Waals surface area contributed by atoms with E-state index in [4.69, 9.17) is 10.00 Å². The van der Waals surface area contributed by atoms with Gasteiger partial charge in [0.05, 0.1) is 18.2 Å². The second kappa shape index (κ2) is 5.37. The van der Waals surface area contributed by atoms with Gasteiger partial charge in [-0.3, -0.25) is 0 Å². The third-order valence-electron chi connectivity index (χ3n) is 2.83. The van der Waals surface area contributed by atoms with Crippen molar-refractivity contribution >= 4 is 0 Å². The molecule has 1 aromatic carbocycles. The number of aromatic nitrogens is 2. The van der Waals surface area contributed by atoms with Crippen LogP contribution in [0, 0.1) is 25.2 Å². The van der Waals surface area contributed by atoms with Gasteiger partial charge in [-0.25, -0.2) is 4.98 Å². The number of hydrogen-bond donors (Lipinski definition) is 0. The average molecular weight is 241 g/mol. The zero-order chi connectivity index (χ0) is 13.0. The van der Waals surface area contributed by atoms with Crippen molar-refractivity contribution in [1.82, 2.24) is 9.55 Å². The molecular weight excluding hydrogens is 226 g/mol. The predicted molar refractivity (Wildman–Crippen MR) is 68.4 cm³/mol. The smallest absolute Gasteiger partial charge is 0.123 e. The molecule has 1 aromatic heterocycles. The first-order valence-corrected chi connectivity index (χ1v) is 5.82. The molecule has 4 heteroatoms. The molecule has 0 bridgehead atoms. The Bertz CT molecular complexity index is 581. The van der Waals surface area contributed by atoms with Gasteiger partial charge in [0.1, 0.15) is 18.2 Å². The lowest BCUT2D eigenvalue weighted by Crippen LogP contribution is -2.09. The number of nitrogens with zero attached hydrogens (tertiary/aromatic N) is 3. The molecule has 0 saturated carbocycles. The van der Waals surface area contributed by atoms with Crippen molar-refractivity contribution in [1.29, 1.82) is 5.26 Å². The van der Waals surface area contributed by atoms with Crippen LogP contribution in [0.5, 0.6) is 5.75 Å². The monoisotopic (exact) mass is 241 g/mol. The van der Waals surface area contributed by atoms with Crippen LogP contribution in [0.3, 0.4) is 0 Å². The molecule has 18 heavy (non-hydrogen) atoms. The number of imidazole rings is 1. The number of aryl methyl sites for hydroxylation is 2. The Balaban J connectivity index is 1.98. The van der Waals surface area contributed by atoms with Crippen molar-refractivity contribution in [3.05, 3.63) is 47.5 Å². The molecule has 0 radical (unpaired) electrons. The molecule has 0 aliphatic rings. The molecule has 0 N–H and O–H groups in total. The summed E-state index contributed by atoms with van der Waals surface area (Å²) in [7, 11) is 0. The summed E-state index contributed by atoms with van der Waals surface area (Å²) in [5.41, 5.74) is 1.66. The van der Waals surface area contributed by atoms with Gasteiger partial charge in [0.2, 0.25) is 0 Å². The first-order valence-electron chi connectivity index (χ1n) is 5.82. The third kappa shape index (κ3) is 2.69. The number of hydrogen-bond acceptors (Lipinski definition) is 3. The van der Waals surface area contributed by atoms with Gasteiger partial charge in [-0.1, -0.05) is 6.07 Å². The van der Waals surface area contributed by atoms with E-state index in [1.807, 2.05) is 30.7 Å². The lowest BCUT2D eigenvalue weighted by atomic mass is 10.1. The van der Waals surface area contributed by atoms with Crippen LogP contribution in [0.1, 0.15) is 17.0 Å². The zero-order valence-corrected chi connectivity index (χ0v) is 10.6. The number of nitriles is 1. The Hall–Kier alpha value is -2.28. The Morgan fingerprint density at radius 3 is 2.89 bits per heavy atom. The van der Waals surface area contributed by atoms with Gasteiger partial charge in [0.15, 0.2) is 0 Å². The van der Waals surface area contributed by atoms with E-state index in [2.05, 4.69) is 11.1 Å². The zero-order valence-electron chi connectivity index (χ0n) is 10.6. The van der Waals surface area contributed by atoms with Gasteiger partial charge in [-0.05, 0) is 31.5 Å². The third-order valence-corrected chi connectivity index (χ3v) is 2.83. The van der Waals surface area contributed by atoms with Crippen LogP contribution in [0.2, 0.25) is 0 Å². The second-order valence-electron chi connectivity index (χ2n) is 4.11. The Labute approximate surface area is 106 Å². The van der Waals surface area contributed by atoms with Gasteiger partial charge in [0.25, 0.3) is 0 Å². The molecular formula is C14H15N3O. The fraction of sp³-hybridized carbons (Fsp3) is 0.286. The molecule has 0 fully saturated rings. The lowest BCUT2D eigenvalue weighted by Gasteiger charge is -2.10. The van der Waals surface area contributed by atoms with Gasteiger partial charge in [-0.15, -0.1) is 0 Å². The van der Waals surface area contributed by atoms with Crippen LogP contribution >= 0.6 is 0 Å². The van der Waals surface area contributed by atoms with Crippen LogP contribution in [0.15, 0.2) is 30.6 Å². The standard InChI is InChI=1S/C14H15N3O/c1-11-3-4-13(10-15)9-14(11)18-8-7-17-6-5-16-12(17)2/h3-6,9H,7-8H2,1-2H3. The fourth-order valence-corrected chi connectivity index (χ4v) is 1.72. The van der Waals surface area contributed by atoms with Crippen molar-refractivity contribution < 1.29 is 4.74 Å².